The van der Waals surface area contributed by atoms with Crippen LogP contribution in [-0.2, 0) is 0 Å². The third-order valence-electron chi connectivity index (χ3n) is 4.14. The maximum Gasteiger partial charge on any atom is 0.252 e. The summed E-state index contributed by atoms with van der Waals surface area (Å²) in [5, 5.41) is 7.10. The van der Waals surface area contributed by atoms with Crippen molar-refractivity contribution in [2.75, 3.05) is 19.0 Å². The number of amides is 1. The van der Waals surface area contributed by atoms with Crippen molar-refractivity contribution in [1.29, 1.82) is 0 Å². The minimum atomic E-state index is -0.0742. The second kappa shape index (κ2) is 8.34. The standard InChI is InChI=1S/C21H23N3O2/c1-3-4-13-22-21(25)18-14-20(24-19-8-6-5-7-17(18)19)23-15-9-11-16(26-2)12-10-15/h5-12,14H,3-4,13H2,1-2H3,(H,22,25)(H,23,24). The number of methoxy groups -OCH3 is 1. The number of aromatic nitrogens is 1. The van der Waals surface area contributed by atoms with E-state index in [1.807, 2.05) is 48.5 Å². The molecule has 26 heavy (non-hydrogen) atoms. The number of unbranched alkanes of at least 4 members (excludes halogenated alkanes) is 1. The van der Waals surface area contributed by atoms with Gasteiger partial charge >= 0.3 is 0 Å². The fourth-order valence-corrected chi connectivity index (χ4v) is 2.72. The average Bonchev–Trinajstić information content (AvgIpc) is 2.68. The first-order valence-electron chi connectivity index (χ1n) is 8.80. The number of nitrogens with zero attached hydrogens (tertiary/aromatic N) is 1. The zero-order chi connectivity index (χ0) is 18.4. The third kappa shape index (κ3) is 4.11. The largest absolute Gasteiger partial charge is 0.497 e. The van der Waals surface area contributed by atoms with Crippen molar-refractivity contribution < 1.29 is 9.53 Å². The number of fused-ring (bicyclic) bond motifs is 1. The fraction of sp³-hybridized carbons (Fsp3) is 0.238. The predicted octanol–water partition coefficient (Wildman–Crippen LogP) is 4.52. The van der Waals surface area contributed by atoms with Gasteiger partial charge in [0.05, 0.1) is 18.2 Å². The molecule has 5 nitrogen and oxygen atoms in total. The molecule has 2 aromatic carbocycles. The Morgan fingerprint density at radius 1 is 1.12 bits per heavy atom. The molecule has 0 bridgehead atoms. The van der Waals surface area contributed by atoms with Crippen LogP contribution in [-0.4, -0.2) is 24.5 Å². The van der Waals surface area contributed by atoms with Gasteiger partial charge in [-0.15, -0.1) is 0 Å². The Bertz CT molecular complexity index is 891. The summed E-state index contributed by atoms with van der Waals surface area (Å²) >= 11 is 0. The van der Waals surface area contributed by atoms with E-state index in [1.165, 1.54) is 0 Å². The van der Waals surface area contributed by atoms with Gasteiger partial charge in [0.25, 0.3) is 5.91 Å². The number of pyridine rings is 1. The Kier molecular flexibility index (Phi) is 5.69. The number of benzene rings is 2. The van der Waals surface area contributed by atoms with Gasteiger partial charge in [-0.2, -0.15) is 0 Å². The van der Waals surface area contributed by atoms with E-state index in [0.29, 0.717) is 17.9 Å². The molecule has 0 aliphatic rings. The Morgan fingerprint density at radius 3 is 2.62 bits per heavy atom. The van der Waals surface area contributed by atoms with Gasteiger partial charge in [0.15, 0.2) is 0 Å². The Morgan fingerprint density at radius 2 is 1.88 bits per heavy atom. The Labute approximate surface area is 153 Å². The minimum Gasteiger partial charge on any atom is -0.497 e. The van der Waals surface area contributed by atoms with Crippen molar-refractivity contribution in [2.45, 2.75) is 19.8 Å². The highest BCUT2D eigenvalue weighted by Gasteiger charge is 2.12. The van der Waals surface area contributed by atoms with Gasteiger partial charge in [0.1, 0.15) is 11.6 Å². The molecule has 0 atom stereocenters. The number of nitrogens with one attached hydrogen (secondary N) is 2. The molecule has 0 saturated heterocycles. The molecule has 3 rings (SSSR count). The summed E-state index contributed by atoms with van der Waals surface area (Å²) < 4.78 is 5.18. The quantitative estimate of drug-likeness (QED) is 0.616. The molecule has 1 aromatic heterocycles. The molecule has 0 saturated carbocycles. The number of anilines is 2. The fourth-order valence-electron chi connectivity index (χ4n) is 2.72. The summed E-state index contributed by atoms with van der Waals surface area (Å²) in [4.78, 5) is 17.3. The molecule has 0 radical (unpaired) electrons. The van der Waals surface area contributed by atoms with Crippen LogP contribution in [0, 0.1) is 0 Å². The monoisotopic (exact) mass is 349 g/mol. The van der Waals surface area contributed by atoms with Gasteiger partial charge < -0.3 is 15.4 Å². The first-order valence-corrected chi connectivity index (χ1v) is 8.80. The van der Waals surface area contributed by atoms with E-state index < -0.39 is 0 Å². The van der Waals surface area contributed by atoms with Gasteiger partial charge in [-0.3, -0.25) is 4.79 Å². The molecule has 1 heterocycles. The number of hydrogen-bond acceptors (Lipinski definition) is 4. The molecule has 5 heteroatoms. The first-order chi connectivity index (χ1) is 12.7. The molecular weight excluding hydrogens is 326 g/mol. The average molecular weight is 349 g/mol. The van der Waals surface area contributed by atoms with Crippen molar-refractivity contribution in [1.82, 2.24) is 10.3 Å². The number of ether oxygens (including phenoxy) is 1. The lowest BCUT2D eigenvalue weighted by Crippen LogP contribution is -2.24. The van der Waals surface area contributed by atoms with Crippen LogP contribution >= 0.6 is 0 Å². The highest BCUT2D eigenvalue weighted by atomic mass is 16.5. The molecule has 3 aromatic rings. The summed E-state index contributed by atoms with van der Waals surface area (Å²) in [6, 6.07) is 17.1. The van der Waals surface area contributed by atoms with Crippen LogP contribution < -0.4 is 15.4 Å². The van der Waals surface area contributed by atoms with Crippen LogP contribution in [0.2, 0.25) is 0 Å². The van der Waals surface area contributed by atoms with Gasteiger partial charge in [-0.05, 0) is 42.8 Å². The maximum atomic E-state index is 12.6. The number of carbonyl (C=O) groups is 1. The molecule has 0 unspecified atom stereocenters. The zero-order valence-electron chi connectivity index (χ0n) is 15.1. The molecule has 2 N–H and O–H groups in total. The summed E-state index contributed by atoms with van der Waals surface area (Å²) in [5.41, 5.74) is 2.29. The second-order valence-corrected chi connectivity index (χ2v) is 6.04. The first kappa shape index (κ1) is 17.7. The van der Waals surface area contributed by atoms with Crippen LogP contribution in [0.5, 0.6) is 5.75 Å². The van der Waals surface area contributed by atoms with E-state index in [2.05, 4.69) is 22.5 Å². The molecule has 0 aliphatic carbocycles. The van der Waals surface area contributed by atoms with E-state index in [-0.39, 0.29) is 5.91 Å². The number of para-hydroxylation sites is 1. The molecule has 0 spiro atoms. The summed E-state index contributed by atoms with van der Waals surface area (Å²) in [6.07, 6.45) is 2.01. The molecular formula is C21H23N3O2. The van der Waals surface area contributed by atoms with Gasteiger partial charge in [0.2, 0.25) is 0 Å². The lowest BCUT2D eigenvalue weighted by atomic mass is 10.1. The smallest absolute Gasteiger partial charge is 0.252 e. The van der Waals surface area contributed by atoms with Gasteiger partial charge in [0, 0.05) is 17.6 Å². The third-order valence-corrected chi connectivity index (χ3v) is 4.14. The normalized spacial score (nSPS) is 10.5. The van der Waals surface area contributed by atoms with Crippen LogP contribution in [0.1, 0.15) is 30.1 Å². The van der Waals surface area contributed by atoms with E-state index in [1.54, 1.807) is 13.2 Å². The summed E-state index contributed by atoms with van der Waals surface area (Å²) in [5.74, 6) is 1.35. The zero-order valence-corrected chi connectivity index (χ0v) is 15.1. The van der Waals surface area contributed by atoms with Crippen LogP contribution in [0.15, 0.2) is 54.6 Å². The summed E-state index contributed by atoms with van der Waals surface area (Å²) in [6.45, 7) is 2.78. The van der Waals surface area contributed by atoms with E-state index in [9.17, 15) is 4.79 Å². The van der Waals surface area contributed by atoms with Crippen molar-refractivity contribution >= 4 is 28.3 Å². The molecule has 0 aliphatic heterocycles. The van der Waals surface area contributed by atoms with Crippen molar-refractivity contribution in [2.24, 2.45) is 0 Å². The van der Waals surface area contributed by atoms with E-state index >= 15 is 0 Å². The maximum absolute atomic E-state index is 12.6. The van der Waals surface area contributed by atoms with E-state index in [4.69, 9.17) is 4.74 Å². The molecule has 0 fully saturated rings. The van der Waals surface area contributed by atoms with Crippen LogP contribution in [0.25, 0.3) is 10.9 Å². The Balaban J connectivity index is 1.91. The van der Waals surface area contributed by atoms with Crippen LogP contribution in [0.3, 0.4) is 0 Å². The lowest BCUT2D eigenvalue weighted by molar-refractivity contribution is 0.0955. The number of rotatable bonds is 7. The summed E-state index contributed by atoms with van der Waals surface area (Å²) in [7, 11) is 1.64. The van der Waals surface area contributed by atoms with Crippen molar-refractivity contribution in [3.63, 3.8) is 0 Å². The predicted molar refractivity (Wildman–Crippen MR) is 105 cm³/mol. The van der Waals surface area contributed by atoms with Gasteiger partial charge in [-0.25, -0.2) is 4.98 Å². The van der Waals surface area contributed by atoms with Gasteiger partial charge in [-0.1, -0.05) is 31.5 Å². The van der Waals surface area contributed by atoms with Crippen LogP contribution in [0.4, 0.5) is 11.5 Å². The SMILES string of the molecule is CCCCNC(=O)c1cc(Nc2ccc(OC)cc2)nc2ccccc12. The van der Waals surface area contributed by atoms with Crippen molar-refractivity contribution in [3.8, 4) is 5.75 Å². The number of hydrogen-bond donors (Lipinski definition) is 2. The topological polar surface area (TPSA) is 63.2 Å². The second-order valence-electron chi connectivity index (χ2n) is 6.04. The lowest BCUT2D eigenvalue weighted by Gasteiger charge is -2.12. The van der Waals surface area contributed by atoms with E-state index in [0.717, 1.165) is 35.2 Å². The molecule has 1 amide bonds. The number of carbonyl (C=O) groups excluding carboxylic acids is 1. The minimum absolute atomic E-state index is 0.0742. The molecule has 134 valence electrons. The van der Waals surface area contributed by atoms with Crippen molar-refractivity contribution in [3.05, 3.63) is 60.2 Å². The Hall–Kier alpha value is -3.08. The highest BCUT2D eigenvalue weighted by molar-refractivity contribution is 6.07. The highest BCUT2D eigenvalue weighted by Crippen LogP contribution is 2.24.